The van der Waals surface area contributed by atoms with Crippen molar-refractivity contribution in [3.05, 3.63) is 194 Å². The number of fused-ring (bicyclic) bond motifs is 6. The second-order valence-electron chi connectivity index (χ2n) is 13.5. The van der Waals surface area contributed by atoms with Crippen molar-refractivity contribution in [3.63, 3.8) is 0 Å². The van der Waals surface area contributed by atoms with E-state index in [2.05, 4.69) is 47.0 Å². The first-order chi connectivity index (χ1) is 30.2. The predicted molar refractivity (Wildman–Crippen MR) is 234 cm³/mol. The lowest BCUT2D eigenvalue weighted by Crippen LogP contribution is -2.02. The molecular weight excluding hydrogens is 701 g/mol. The highest BCUT2D eigenvalue weighted by Crippen LogP contribution is 2.44. The lowest BCUT2D eigenvalue weighted by molar-refractivity contribution is 1.07. The summed E-state index contributed by atoms with van der Waals surface area (Å²) in [6.07, 6.45) is 0. The van der Waals surface area contributed by atoms with Gasteiger partial charge in [0, 0.05) is 58.8 Å². The molecule has 11 rings (SSSR count). The molecule has 4 nitrogen and oxygen atoms in total. The minimum absolute atomic E-state index is 0.0586. The van der Waals surface area contributed by atoms with Gasteiger partial charge in [-0.2, -0.15) is 0 Å². The van der Waals surface area contributed by atoms with Crippen LogP contribution in [0.3, 0.4) is 0 Å². The van der Waals surface area contributed by atoms with Gasteiger partial charge in [0.25, 0.3) is 0 Å². The van der Waals surface area contributed by atoms with E-state index in [9.17, 15) is 4.11 Å². The molecule has 3 aromatic heterocycles. The third-order valence-corrected chi connectivity index (χ3v) is 11.4. The summed E-state index contributed by atoms with van der Waals surface area (Å²) in [5.74, 6) is 1.39. The smallest absolute Gasteiger partial charge is 0.164 e. The molecule has 0 saturated heterocycles. The summed E-state index contributed by atoms with van der Waals surface area (Å²) in [7, 11) is 0. The topological polar surface area (TPSA) is 43.6 Å². The Morgan fingerprint density at radius 3 is 1.75 bits per heavy atom. The maximum absolute atomic E-state index is 9.64. The number of hydrogen-bond donors (Lipinski definition) is 0. The van der Waals surface area contributed by atoms with E-state index in [1.807, 2.05) is 109 Å². The fraction of sp³-hybridized carbons (Fsp3) is 0. The van der Waals surface area contributed by atoms with Crippen LogP contribution in [0.2, 0.25) is 0 Å². The number of nitrogens with zero attached hydrogens (tertiary/aromatic N) is 4. The highest BCUT2D eigenvalue weighted by molar-refractivity contribution is 7.26. The van der Waals surface area contributed by atoms with Crippen LogP contribution in [0, 0.1) is 0 Å². The summed E-state index contributed by atoms with van der Waals surface area (Å²) >= 11 is 1.22. The van der Waals surface area contributed by atoms with Crippen molar-refractivity contribution in [2.75, 3.05) is 0 Å². The monoisotopic (exact) mass is 738 g/mol. The Bertz CT molecular complexity index is 3530. The summed E-state index contributed by atoms with van der Waals surface area (Å²) in [4.78, 5) is 15.0. The van der Waals surface area contributed by atoms with E-state index in [1.54, 1.807) is 0 Å². The molecule has 3 heterocycles. The highest BCUT2D eigenvalue weighted by atomic mass is 32.1. The van der Waals surface area contributed by atoms with E-state index in [0.29, 0.717) is 43.6 Å². The minimum atomic E-state index is -0.308. The third kappa shape index (κ3) is 5.40. The number of thiophene rings is 1. The van der Waals surface area contributed by atoms with Crippen molar-refractivity contribution in [1.82, 2.24) is 19.5 Å². The first-order valence-electron chi connectivity index (χ1n) is 21.3. The Labute approximate surface area is 336 Å². The quantitative estimate of drug-likeness (QED) is 0.171. The maximum atomic E-state index is 9.64. The van der Waals surface area contributed by atoms with E-state index >= 15 is 0 Å². The van der Waals surface area contributed by atoms with Crippen LogP contribution in [0.4, 0.5) is 0 Å². The van der Waals surface area contributed by atoms with Crippen LogP contribution in [0.1, 0.15) is 8.22 Å². The van der Waals surface area contributed by atoms with Crippen LogP contribution in [-0.2, 0) is 0 Å². The van der Waals surface area contributed by atoms with Gasteiger partial charge in [-0.05, 0) is 53.6 Å². The molecule has 0 N–H and O–H groups in total. The molecule has 0 saturated carbocycles. The van der Waals surface area contributed by atoms with Crippen molar-refractivity contribution in [1.29, 1.82) is 0 Å². The summed E-state index contributed by atoms with van der Waals surface area (Å²) in [5.41, 5.74) is 8.00. The van der Waals surface area contributed by atoms with Crippen LogP contribution in [0.25, 0.3) is 104 Å². The molecule has 0 aliphatic rings. The molecule has 8 aromatic carbocycles. The van der Waals surface area contributed by atoms with Crippen LogP contribution < -0.4 is 0 Å². The zero-order valence-corrected chi connectivity index (χ0v) is 30.5. The molecule has 0 spiro atoms. The first-order valence-corrected chi connectivity index (χ1v) is 19.1. The Balaban J connectivity index is 1.25. The van der Waals surface area contributed by atoms with Gasteiger partial charge in [-0.1, -0.05) is 152 Å². The van der Waals surface area contributed by atoms with Gasteiger partial charge < -0.3 is 4.57 Å². The second-order valence-corrected chi connectivity index (χ2v) is 14.6. The zero-order chi connectivity index (χ0) is 42.2. The number of rotatable bonds is 6. The second kappa shape index (κ2) is 13.3. The molecule has 262 valence electrons. The van der Waals surface area contributed by atoms with Crippen molar-refractivity contribution in [2.45, 2.75) is 0 Å². The van der Waals surface area contributed by atoms with E-state index < -0.39 is 0 Å². The van der Waals surface area contributed by atoms with Crippen LogP contribution in [0.15, 0.2) is 194 Å². The molecular formula is C51H32N4S. The SMILES string of the molecule is [2H]c1cc([2H])c2sc3c(-c4cc(-c5nc(-c6ccccc6)nc(-c6ccccc6)n5)ccc4-n4c5ccccc5c5cc(-c6ccccc6)ccc54)c([2H])c([2H])c([2H])c3c2c1[2H]. The fourth-order valence-electron chi connectivity index (χ4n) is 7.61. The normalized spacial score (nSPS) is 13.1. The summed E-state index contributed by atoms with van der Waals surface area (Å²) in [6, 6.07) is 50.8. The van der Waals surface area contributed by atoms with Crippen LogP contribution >= 0.6 is 11.3 Å². The average molecular weight is 739 g/mol. The highest BCUT2D eigenvalue weighted by Gasteiger charge is 2.21. The molecule has 5 heteroatoms. The lowest BCUT2D eigenvalue weighted by atomic mass is 9.98. The van der Waals surface area contributed by atoms with Crippen LogP contribution in [0.5, 0.6) is 0 Å². The molecule has 0 unspecified atom stereocenters. The predicted octanol–water partition coefficient (Wildman–Crippen LogP) is 13.7. The van der Waals surface area contributed by atoms with E-state index in [-0.39, 0.29) is 47.0 Å². The molecule has 0 bridgehead atoms. The molecule has 0 radical (unpaired) electrons. The van der Waals surface area contributed by atoms with Gasteiger partial charge in [0.05, 0.1) is 24.9 Å². The van der Waals surface area contributed by atoms with Crippen LogP contribution in [-0.4, -0.2) is 19.5 Å². The average Bonchev–Trinajstić information content (AvgIpc) is 3.88. The number of para-hydroxylation sites is 1. The van der Waals surface area contributed by atoms with Crippen molar-refractivity contribution < 1.29 is 8.22 Å². The Hall–Kier alpha value is -7.21. The molecule has 0 fully saturated rings. The van der Waals surface area contributed by atoms with Gasteiger partial charge in [-0.15, -0.1) is 11.3 Å². The molecule has 11 aromatic rings. The summed E-state index contributed by atoms with van der Waals surface area (Å²) in [6.45, 7) is 0. The summed E-state index contributed by atoms with van der Waals surface area (Å²) < 4.78 is 57.4. The third-order valence-electron chi connectivity index (χ3n) is 10.2. The van der Waals surface area contributed by atoms with E-state index in [0.717, 1.165) is 49.7 Å². The van der Waals surface area contributed by atoms with Crippen molar-refractivity contribution >= 4 is 53.3 Å². The van der Waals surface area contributed by atoms with Gasteiger partial charge in [0.1, 0.15) is 0 Å². The van der Waals surface area contributed by atoms with Gasteiger partial charge in [-0.3, -0.25) is 0 Å². The van der Waals surface area contributed by atoms with E-state index in [4.69, 9.17) is 19.1 Å². The Kier molecular flexibility index (Phi) is 6.29. The molecule has 0 amide bonds. The molecule has 56 heavy (non-hydrogen) atoms. The maximum Gasteiger partial charge on any atom is 0.164 e. The zero-order valence-electron chi connectivity index (χ0n) is 35.7. The van der Waals surface area contributed by atoms with E-state index in [1.165, 1.54) is 17.4 Å². The van der Waals surface area contributed by atoms with Gasteiger partial charge in [0.2, 0.25) is 0 Å². The van der Waals surface area contributed by atoms with Crippen molar-refractivity contribution in [2.24, 2.45) is 0 Å². The molecule has 0 aliphatic heterocycles. The molecule has 0 atom stereocenters. The lowest BCUT2D eigenvalue weighted by Gasteiger charge is -2.17. The van der Waals surface area contributed by atoms with Crippen molar-refractivity contribution in [3.8, 4) is 62.1 Å². The minimum Gasteiger partial charge on any atom is -0.309 e. The fourth-order valence-corrected chi connectivity index (χ4v) is 8.71. The summed E-state index contributed by atoms with van der Waals surface area (Å²) in [5, 5.41) is 2.64. The number of benzene rings is 8. The molecule has 0 aliphatic carbocycles. The van der Waals surface area contributed by atoms with Gasteiger partial charge >= 0.3 is 0 Å². The number of hydrogen-bond acceptors (Lipinski definition) is 4. The largest absolute Gasteiger partial charge is 0.309 e. The van der Waals surface area contributed by atoms with Gasteiger partial charge in [0.15, 0.2) is 17.5 Å². The first kappa shape index (κ1) is 26.5. The number of aromatic nitrogens is 4. The Morgan fingerprint density at radius 1 is 0.411 bits per heavy atom. The van der Waals surface area contributed by atoms with Gasteiger partial charge in [-0.25, -0.2) is 15.0 Å². The standard InChI is InChI=1S/C51H32N4S/c1-4-15-33(16-5-1)36-27-29-45-42(31-36)38-21-10-12-25-44(38)55(45)46-30-28-37(32-43(46)41-24-14-23-40-39-22-11-13-26-47(39)56-48(40)41)51-53-49(34-17-6-2-7-18-34)52-50(54-51)35-19-8-3-9-20-35/h1-32H/i11D,14D,22D,23D,24D,26D. The Morgan fingerprint density at radius 2 is 1.02 bits per heavy atom.